The molecule has 90 valence electrons. The number of ether oxygens (including phenoxy) is 2. The lowest BCUT2D eigenvalue weighted by Gasteiger charge is -2.06. The first-order valence-electron chi connectivity index (χ1n) is 5.12. The third-order valence-corrected chi connectivity index (χ3v) is 1.97. The van der Waals surface area contributed by atoms with E-state index in [-0.39, 0.29) is 17.8 Å². The van der Waals surface area contributed by atoms with Crippen LogP contribution in [-0.2, 0) is 4.74 Å². The van der Waals surface area contributed by atoms with Crippen molar-refractivity contribution in [1.29, 1.82) is 0 Å². The van der Waals surface area contributed by atoms with Crippen molar-refractivity contribution in [1.82, 2.24) is 9.97 Å². The Balaban J connectivity index is 2.23. The quantitative estimate of drug-likeness (QED) is 0.549. The minimum atomic E-state index is -0.627. The van der Waals surface area contributed by atoms with Crippen molar-refractivity contribution in [3.8, 4) is 5.88 Å². The average molecular weight is 249 g/mol. The third kappa shape index (κ3) is 4.72. The van der Waals surface area contributed by atoms with Crippen LogP contribution in [0.4, 0.5) is 4.39 Å². The first-order chi connectivity index (χ1) is 7.74. The minimum absolute atomic E-state index is 0.0386. The molecule has 0 N–H and O–H groups in total. The highest BCUT2D eigenvalue weighted by atomic mass is 35.5. The predicted octanol–water partition coefficient (Wildman–Crippen LogP) is 2.46. The molecule has 6 heteroatoms. The molecule has 0 aliphatic carbocycles. The second-order valence-corrected chi connectivity index (χ2v) is 3.44. The van der Waals surface area contributed by atoms with E-state index < -0.39 is 5.82 Å². The maximum atomic E-state index is 13.1. The van der Waals surface area contributed by atoms with Crippen molar-refractivity contribution in [3.63, 3.8) is 0 Å². The number of halogens is 2. The molecule has 0 radical (unpaired) electrons. The molecule has 0 aliphatic heterocycles. The van der Waals surface area contributed by atoms with Crippen LogP contribution in [0.15, 0.2) is 6.20 Å². The highest BCUT2D eigenvalue weighted by Crippen LogP contribution is 2.14. The molecule has 0 aromatic carbocycles. The fourth-order valence-corrected chi connectivity index (χ4v) is 1.10. The summed E-state index contributed by atoms with van der Waals surface area (Å²) in [5.41, 5.74) is 0. The molecule has 0 atom stereocenters. The van der Waals surface area contributed by atoms with Crippen LogP contribution in [0.5, 0.6) is 5.88 Å². The van der Waals surface area contributed by atoms with E-state index in [1.54, 1.807) is 0 Å². The van der Waals surface area contributed by atoms with E-state index in [1.165, 1.54) is 0 Å². The monoisotopic (exact) mass is 248 g/mol. The Hall–Kier alpha value is -0.940. The van der Waals surface area contributed by atoms with Crippen LogP contribution in [0.1, 0.15) is 19.8 Å². The van der Waals surface area contributed by atoms with Gasteiger partial charge in [0.1, 0.15) is 6.61 Å². The van der Waals surface area contributed by atoms with Gasteiger partial charge in [-0.3, -0.25) is 0 Å². The number of unbranched alkanes of at least 4 members (excludes halogenated alkanes) is 1. The Kier molecular flexibility index (Phi) is 6.03. The molecule has 4 nitrogen and oxygen atoms in total. The Morgan fingerprint density at radius 2 is 2.19 bits per heavy atom. The van der Waals surface area contributed by atoms with Gasteiger partial charge in [0, 0.05) is 6.61 Å². The summed E-state index contributed by atoms with van der Waals surface area (Å²) in [6, 6.07) is 0. The van der Waals surface area contributed by atoms with Crippen molar-refractivity contribution >= 4 is 11.6 Å². The smallest absolute Gasteiger partial charge is 0.254 e. The van der Waals surface area contributed by atoms with E-state index in [0.717, 1.165) is 19.0 Å². The Morgan fingerprint density at radius 3 is 2.94 bits per heavy atom. The summed E-state index contributed by atoms with van der Waals surface area (Å²) < 4.78 is 23.4. The highest BCUT2D eigenvalue weighted by Gasteiger charge is 2.06. The predicted molar refractivity (Wildman–Crippen MR) is 58.2 cm³/mol. The maximum Gasteiger partial charge on any atom is 0.254 e. The van der Waals surface area contributed by atoms with Crippen LogP contribution in [-0.4, -0.2) is 29.8 Å². The summed E-state index contributed by atoms with van der Waals surface area (Å²) in [6.07, 6.45) is 3.06. The number of hydrogen-bond donors (Lipinski definition) is 0. The van der Waals surface area contributed by atoms with Gasteiger partial charge in [-0.1, -0.05) is 13.3 Å². The van der Waals surface area contributed by atoms with Crippen molar-refractivity contribution in [2.75, 3.05) is 19.8 Å². The fraction of sp³-hybridized carbons (Fsp3) is 0.600. The maximum absolute atomic E-state index is 13.1. The number of rotatable bonds is 7. The summed E-state index contributed by atoms with van der Waals surface area (Å²) in [5, 5.41) is -0.0386. The van der Waals surface area contributed by atoms with E-state index >= 15 is 0 Å². The summed E-state index contributed by atoms with van der Waals surface area (Å²) >= 11 is 5.50. The lowest BCUT2D eigenvalue weighted by molar-refractivity contribution is 0.0948. The molecule has 1 rings (SSSR count). The van der Waals surface area contributed by atoms with Crippen LogP contribution in [0.2, 0.25) is 5.28 Å². The van der Waals surface area contributed by atoms with Gasteiger partial charge in [0.25, 0.3) is 5.88 Å². The molecule has 0 saturated heterocycles. The number of aromatic nitrogens is 2. The molecule has 1 aromatic heterocycles. The van der Waals surface area contributed by atoms with E-state index in [0.29, 0.717) is 13.2 Å². The van der Waals surface area contributed by atoms with Crippen molar-refractivity contribution in [2.45, 2.75) is 19.8 Å². The standard InChI is InChI=1S/C10H14ClFN2O2/c1-2-3-4-15-5-6-16-9-8(12)7-13-10(11)14-9/h7H,2-6H2,1H3. The van der Waals surface area contributed by atoms with Gasteiger partial charge in [0.05, 0.1) is 12.8 Å². The summed E-state index contributed by atoms with van der Waals surface area (Å²) in [4.78, 5) is 7.08. The van der Waals surface area contributed by atoms with Crippen molar-refractivity contribution < 1.29 is 13.9 Å². The Bertz CT molecular complexity index is 326. The molecule has 0 spiro atoms. The van der Waals surface area contributed by atoms with Crippen LogP contribution in [0, 0.1) is 5.82 Å². The van der Waals surface area contributed by atoms with Gasteiger partial charge in [0.15, 0.2) is 0 Å². The van der Waals surface area contributed by atoms with Crippen LogP contribution in [0.25, 0.3) is 0 Å². The summed E-state index contributed by atoms with van der Waals surface area (Å²) in [7, 11) is 0. The molecular weight excluding hydrogens is 235 g/mol. The van der Waals surface area contributed by atoms with E-state index in [2.05, 4.69) is 16.9 Å². The summed E-state index contributed by atoms with van der Waals surface area (Å²) in [5.74, 6) is -0.767. The molecule has 0 saturated carbocycles. The molecule has 0 aliphatic rings. The molecule has 16 heavy (non-hydrogen) atoms. The third-order valence-electron chi connectivity index (χ3n) is 1.79. The zero-order valence-electron chi connectivity index (χ0n) is 9.08. The fourth-order valence-electron chi connectivity index (χ4n) is 0.978. The molecule has 0 amide bonds. The molecule has 0 unspecified atom stereocenters. The second-order valence-electron chi connectivity index (χ2n) is 3.11. The van der Waals surface area contributed by atoms with Gasteiger partial charge in [-0.05, 0) is 18.0 Å². The highest BCUT2D eigenvalue weighted by molar-refractivity contribution is 6.28. The van der Waals surface area contributed by atoms with Gasteiger partial charge < -0.3 is 9.47 Å². The van der Waals surface area contributed by atoms with Gasteiger partial charge >= 0.3 is 0 Å². The molecule has 1 heterocycles. The topological polar surface area (TPSA) is 44.2 Å². The van der Waals surface area contributed by atoms with E-state index in [1.807, 2.05) is 0 Å². The zero-order chi connectivity index (χ0) is 11.8. The lowest BCUT2D eigenvalue weighted by atomic mass is 10.4. The van der Waals surface area contributed by atoms with Crippen LogP contribution in [0.3, 0.4) is 0 Å². The SMILES string of the molecule is CCCCOCCOc1nc(Cl)ncc1F. The van der Waals surface area contributed by atoms with Crippen LogP contribution < -0.4 is 4.74 Å². The van der Waals surface area contributed by atoms with Gasteiger partial charge in [0.2, 0.25) is 11.1 Å². The zero-order valence-corrected chi connectivity index (χ0v) is 9.84. The second kappa shape index (κ2) is 7.35. The normalized spacial score (nSPS) is 10.4. The molecule has 0 fully saturated rings. The minimum Gasteiger partial charge on any atom is -0.473 e. The van der Waals surface area contributed by atoms with Crippen molar-refractivity contribution in [3.05, 3.63) is 17.3 Å². The van der Waals surface area contributed by atoms with E-state index in [9.17, 15) is 4.39 Å². The van der Waals surface area contributed by atoms with Gasteiger partial charge in [-0.15, -0.1) is 0 Å². The van der Waals surface area contributed by atoms with Crippen molar-refractivity contribution in [2.24, 2.45) is 0 Å². The number of hydrogen-bond acceptors (Lipinski definition) is 4. The first kappa shape index (κ1) is 13.1. The molecular formula is C10H14ClFN2O2. The lowest BCUT2D eigenvalue weighted by Crippen LogP contribution is -2.09. The van der Waals surface area contributed by atoms with Gasteiger partial charge in [-0.2, -0.15) is 9.37 Å². The van der Waals surface area contributed by atoms with E-state index in [4.69, 9.17) is 21.1 Å². The molecule has 1 aromatic rings. The number of nitrogens with zero attached hydrogens (tertiary/aromatic N) is 2. The average Bonchev–Trinajstić information content (AvgIpc) is 2.28. The molecule has 0 bridgehead atoms. The van der Waals surface area contributed by atoms with Crippen LogP contribution >= 0.6 is 11.6 Å². The first-order valence-corrected chi connectivity index (χ1v) is 5.50. The Morgan fingerprint density at radius 1 is 1.38 bits per heavy atom. The largest absolute Gasteiger partial charge is 0.473 e. The Labute approximate surface area is 98.8 Å². The van der Waals surface area contributed by atoms with Gasteiger partial charge in [-0.25, -0.2) is 4.98 Å². The summed E-state index contributed by atoms with van der Waals surface area (Å²) in [6.45, 7) is 3.42.